The average Bonchev–Trinajstić information content (AvgIpc) is 3.79. The molecule has 0 saturated carbocycles. The molecule has 4 aromatic rings. The standard InChI is InChI=1S/C38H33N3O16P2/c42-36(25-14-6-2-7-15-25)55-32-31(23-52-59(49,50)57-58(47,48)51-22-24-12-4-1-5-13-24)54-35(33(32)56-37(43)26-16-8-3-9-17-26)40-21-27-20-30(53-34(27)39-38(40)44)28-18-10-11-19-29(28)41(45)46/h1-21,31-35H,22-23H2,(H,39,44)(H,47,48)(H,49,50). The van der Waals surface area contributed by atoms with E-state index >= 15 is 0 Å². The van der Waals surface area contributed by atoms with Crippen LogP contribution in [-0.2, 0) is 48.0 Å². The van der Waals surface area contributed by atoms with E-state index in [-0.39, 0.29) is 33.7 Å². The van der Waals surface area contributed by atoms with Gasteiger partial charge in [-0.2, -0.15) is 4.31 Å². The second kappa shape index (κ2) is 17.5. The number of para-hydroxylation sites is 1. The lowest BCUT2D eigenvalue weighted by atomic mass is 10.1. The van der Waals surface area contributed by atoms with Crippen LogP contribution >= 0.6 is 15.6 Å². The Labute approximate surface area is 334 Å². The average molecular weight is 850 g/mol. The Bertz CT molecular complexity index is 2380. The third-order valence-corrected chi connectivity index (χ3v) is 11.5. The molecule has 0 radical (unpaired) electrons. The Hall–Kier alpha value is -6.01. The van der Waals surface area contributed by atoms with Gasteiger partial charge in [-0.1, -0.05) is 78.9 Å². The SMILES string of the molecule is O=C(OC1C(COP(=O)(O)OP(=O)(O)OCc2ccccc2)OC(N2C=C3C=C(c4ccccc4[N+](=O)[O-])OC3NC2=O)C1OC(=O)c1ccccc1)c1ccccc1. The number of benzene rings is 4. The first-order chi connectivity index (χ1) is 28.3. The lowest BCUT2D eigenvalue weighted by Gasteiger charge is -2.34. The van der Waals surface area contributed by atoms with Gasteiger partial charge in [0.2, 0.25) is 6.23 Å². The van der Waals surface area contributed by atoms with Gasteiger partial charge >= 0.3 is 33.6 Å². The van der Waals surface area contributed by atoms with Gasteiger partial charge in [0.15, 0.2) is 18.4 Å². The van der Waals surface area contributed by atoms with E-state index in [1.807, 2.05) is 0 Å². The molecule has 59 heavy (non-hydrogen) atoms. The number of hydrogen-bond donors (Lipinski definition) is 3. The van der Waals surface area contributed by atoms with Crippen LogP contribution in [0, 0.1) is 10.1 Å². The van der Waals surface area contributed by atoms with Crippen LogP contribution in [0.2, 0.25) is 0 Å². The van der Waals surface area contributed by atoms with Gasteiger partial charge in [0.05, 0.1) is 34.8 Å². The maximum absolute atomic E-state index is 13.8. The van der Waals surface area contributed by atoms with Crippen LogP contribution < -0.4 is 5.32 Å². The van der Waals surface area contributed by atoms with Crippen LogP contribution in [0.15, 0.2) is 133 Å². The molecule has 7 unspecified atom stereocenters. The minimum absolute atomic E-state index is 0.0492. The highest BCUT2D eigenvalue weighted by Gasteiger charge is 2.55. The summed E-state index contributed by atoms with van der Waals surface area (Å²) in [5, 5.41) is 14.3. The summed E-state index contributed by atoms with van der Waals surface area (Å²) in [5.74, 6) is -1.83. The fraction of sp³-hybridized carbons (Fsp3) is 0.184. The number of rotatable bonds is 15. The Morgan fingerprint density at radius 1 is 0.797 bits per heavy atom. The van der Waals surface area contributed by atoms with Crippen molar-refractivity contribution < 1.29 is 70.5 Å². The molecule has 4 aromatic carbocycles. The molecule has 306 valence electrons. The number of amides is 2. The summed E-state index contributed by atoms with van der Waals surface area (Å²) in [6, 6.07) is 28.3. The topological polar surface area (TPSA) is 249 Å². The molecule has 0 aromatic heterocycles. The Morgan fingerprint density at radius 3 is 1.98 bits per heavy atom. The van der Waals surface area contributed by atoms with E-state index in [1.54, 1.807) is 72.8 Å². The Balaban J connectivity index is 1.20. The van der Waals surface area contributed by atoms with Crippen molar-refractivity contribution in [3.63, 3.8) is 0 Å². The lowest BCUT2D eigenvalue weighted by Crippen LogP contribution is -2.55. The third-order valence-electron chi connectivity index (χ3n) is 8.90. The maximum Gasteiger partial charge on any atom is 0.481 e. The van der Waals surface area contributed by atoms with E-state index in [0.717, 1.165) is 4.90 Å². The summed E-state index contributed by atoms with van der Waals surface area (Å²) in [7, 11) is -10.7. The van der Waals surface area contributed by atoms with Crippen LogP contribution in [0.3, 0.4) is 0 Å². The third kappa shape index (κ3) is 9.83. The summed E-state index contributed by atoms with van der Waals surface area (Å²) in [4.78, 5) is 73.7. The van der Waals surface area contributed by atoms with Gasteiger partial charge in [-0.25, -0.2) is 23.5 Å². The normalized spacial score (nSPS) is 23.0. The highest BCUT2D eigenvalue weighted by Crippen LogP contribution is 2.61. The number of ether oxygens (including phenoxy) is 4. The number of phosphoric ester groups is 2. The monoisotopic (exact) mass is 849 g/mol. The summed E-state index contributed by atoms with van der Waals surface area (Å²) in [5.41, 5.74) is 0.694. The number of fused-ring (bicyclic) bond motifs is 1. The summed E-state index contributed by atoms with van der Waals surface area (Å²) >= 11 is 0. The van der Waals surface area contributed by atoms with E-state index in [2.05, 4.69) is 9.63 Å². The molecule has 7 atom stereocenters. The van der Waals surface area contributed by atoms with Crippen molar-refractivity contribution in [2.24, 2.45) is 0 Å². The fourth-order valence-electron chi connectivity index (χ4n) is 6.19. The van der Waals surface area contributed by atoms with Gasteiger partial charge in [0, 0.05) is 17.8 Å². The molecule has 0 bridgehead atoms. The number of nitro groups is 1. The minimum atomic E-state index is -5.47. The van der Waals surface area contributed by atoms with Gasteiger partial charge < -0.3 is 28.7 Å². The molecule has 21 heteroatoms. The molecule has 3 aliphatic rings. The van der Waals surface area contributed by atoms with E-state index in [0.29, 0.717) is 5.56 Å². The quantitative estimate of drug-likeness (QED) is 0.0551. The van der Waals surface area contributed by atoms with Crippen molar-refractivity contribution in [1.82, 2.24) is 10.2 Å². The maximum atomic E-state index is 13.8. The van der Waals surface area contributed by atoms with Crippen LogP contribution in [-0.4, -0.2) is 75.0 Å². The molecule has 0 spiro atoms. The molecule has 3 heterocycles. The van der Waals surface area contributed by atoms with Gasteiger partial charge in [0.25, 0.3) is 5.69 Å². The smallest absolute Gasteiger partial charge is 0.465 e. The molecule has 3 N–H and O–H groups in total. The first kappa shape index (κ1) is 41.2. The van der Waals surface area contributed by atoms with E-state index in [4.69, 9.17) is 28.0 Å². The number of nitro benzene ring substituents is 1. The van der Waals surface area contributed by atoms with Crippen molar-refractivity contribution in [3.05, 3.63) is 165 Å². The Kier molecular flexibility index (Phi) is 12.2. The zero-order valence-electron chi connectivity index (χ0n) is 30.3. The molecule has 7 rings (SSSR count). The summed E-state index contributed by atoms with van der Waals surface area (Å²) in [6.45, 7) is -1.47. The number of carbonyl (C=O) groups excluding carboxylic acids is 3. The first-order valence-corrected chi connectivity index (χ1v) is 20.6. The molecular formula is C38H33N3O16P2. The van der Waals surface area contributed by atoms with E-state index in [1.165, 1.54) is 54.7 Å². The van der Waals surface area contributed by atoms with Crippen molar-refractivity contribution in [1.29, 1.82) is 0 Å². The van der Waals surface area contributed by atoms with Crippen LogP contribution in [0.1, 0.15) is 31.8 Å². The first-order valence-electron chi connectivity index (χ1n) is 17.6. The summed E-state index contributed by atoms with van der Waals surface area (Å²) in [6.07, 6.45) is -5.04. The molecular weight excluding hydrogens is 816 g/mol. The number of hydrogen-bond acceptors (Lipinski definition) is 14. The number of nitrogens with one attached hydrogen (secondary N) is 1. The Morgan fingerprint density at radius 2 is 1.36 bits per heavy atom. The predicted octanol–water partition coefficient (Wildman–Crippen LogP) is 5.83. The van der Waals surface area contributed by atoms with Crippen LogP contribution in [0.25, 0.3) is 5.76 Å². The number of esters is 2. The number of nitrogens with zero attached hydrogens (tertiary/aromatic N) is 2. The number of urea groups is 1. The van der Waals surface area contributed by atoms with Crippen LogP contribution in [0.5, 0.6) is 0 Å². The molecule has 3 aliphatic heterocycles. The van der Waals surface area contributed by atoms with E-state index in [9.17, 15) is 43.4 Å². The van der Waals surface area contributed by atoms with Gasteiger partial charge in [0.1, 0.15) is 11.9 Å². The van der Waals surface area contributed by atoms with Gasteiger partial charge in [-0.15, -0.1) is 0 Å². The fourth-order valence-corrected chi connectivity index (χ4v) is 8.26. The molecule has 1 saturated heterocycles. The zero-order valence-corrected chi connectivity index (χ0v) is 32.1. The second-order valence-corrected chi connectivity index (χ2v) is 15.9. The zero-order chi connectivity index (χ0) is 41.7. The van der Waals surface area contributed by atoms with E-state index < -0.39 is 82.5 Å². The number of carbonyl (C=O) groups is 3. The molecule has 19 nitrogen and oxygen atoms in total. The van der Waals surface area contributed by atoms with Crippen molar-refractivity contribution in [2.75, 3.05) is 6.61 Å². The minimum Gasteiger partial charge on any atom is -0.465 e. The van der Waals surface area contributed by atoms with Crippen molar-refractivity contribution in [2.45, 2.75) is 37.4 Å². The highest BCUT2D eigenvalue weighted by atomic mass is 31.3. The highest BCUT2D eigenvalue weighted by molar-refractivity contribution is 7.61. The molecule has 0 aliphatic carbocycles. The van der Waals surface area contributed by atoms with Crippen LogP contribution in [0.4, 0.5) is 10.5 Å². The largest absolute Gasteiger partial charge is 0.481 e. The second-order valence-electron chi connectivity index (χ2n) is 12.9. The van der Waals surface area contributed by atoms with Crippen molar-refractivity contribution >= 4 is 45.1 Å². The lowest BCUT2D eigenvalue weighted by molar-refractivity contribution is -0.385. The number of phosphoric acid groups is 2. The molecule has 2 amide bonds. The van der Waals surface area contributed by atoms with Gasteiger partial charge in [-0.3, -0.25) is 29.4 Å². The predicted molar refractivity (Wildman–Crippen MR) is 202 cm³/mol. The van der Waals surface area contributed by atoms with Gasteiger partial charge in [-0.05, 0) is 42.0 Å². The molecule has 1 fully saturated rings. The van der Waals surface area contributed by atoms with Crippen molar-refractivity contribution in [3.8, 4) is 0 Å². The summed E-state index contributed by atoms with van der Waals surface area (Å²) < 4.78 is 63.9.